The van der Waals surface area contributed by atoms with Gasteiger partial charge in [0.2, 0.25) is 5.91 Å². The molecule has 3 atom stereocenters. The molecule has 66 valence electrons. The van der Waals surface area contributed by atoms with Crippen LogP contribution >= 0.6 is 0 Å². The summed E-state index contributed by atoms with van der Waals surface area (Å²) in [6, 6.07) is 0. The number of nitrogens with two attached hydrogens (primary N) is 1. The molecule has 0 aliphatic heterocycles. The van der Waals surface area contributed by atoms with Crippen molar-refractivity contribution in [2.45, 2.75) is 18.3 Å². The van der Waals surface area contributed by atoms with Crippen LogP contribution in [0.3, 0.4) is 0 Å². The van der Waals surface area contributed by atoms with E-state index in [9.17, 15) is 4.79 Å². The Balaban J connectivity index is 4.00. The van der Waals surface area contributed by atoms with Gasteiger partial charge in [-0.15, -0.1) is 0 Å². The maximum atomic E-state index is 10.2. The Bertz CT molecular complexity index is 139. The van der Waals surface area contributed by atoms with Crippen LogP contribution in [-0.2, 0) is 4.79 Å². The van der Waals surface area contributed by atoms with Gasteiger partial charge in [-0.1, -0.05) is 0 Å². The summed E-state index contributed by atoms with van der Waals surface area (Å²) in [5.74, 6) is -1.15. The van der Waals surface area contributed by atoms with E-state index in [0.717, 1.165) is 0 Å². The molecular weight excluding hydrogens is 154 g/mol. The molecule has 0 rings (SSSR count). The summed E-state index contributed by atoms with van der Waals surface area (Å²) in [5.41, 5.74) is 4.59. The molecule has 11 heavy (non-hydrogen) atoms. The second kappa shape index (κ2) is 4.24. The van der Waals surface area contributed by atoms with Crippen LogP contribution in [0.5, 0.6) is 0 Å². The highest BCUT2D eigenvalue weighted by molar-refractivity contribution is 5.79. The zero-order chi connectivity index (χ0) is 9.02. The lowest BCUT2D eigenvalue weighted by Gasteiger charge is -2.18. The highest BCUT2D eigenvalue weighted by Gasteiger charge is 2.27. The fraction of sp³-hybridized carbons (Fsp3) is 0.800. The van der Waals surface area contributed by atoms with E-state index in [-0.39, 0.29) is 0 Å². The maximum Gasteiger partial charge on any atom is 0.249 e. The van der Waals surface area contributed by atoms with E-state index in [4.69, 9.17) is 20.4 Å². The van der Waals surface area contributed by atoms with Gasteiger partial charge >= 0.3 is 0 Å². The summed E-state index contributed by atoms with van der Waals surface area (Å²) in [7, 11) is 0. The summed E-state index contributed by atoms with van der Waals surface area (Å²) < 4.78 is 0. The van der Waals surface area contributed by atoms with Gasteiger partial charge in [-0.2, -0.15) is 0 Å². The summed E-state index contributed by atoms with van der Waals surface area (Å²) in [4.78, 5) is 10.2. The first-order valence-corrected chi connectivity index (χ1v) is 2.95. The maximum absolute atomic E-state index is 10.2. The van der Waals surface area contributed by atoms with Crippen LogP contribution in [-0.4, -0.2) is 51.3 Å². The average molecular weight is 165 g/mol. The Hall–Kier alpha value is -0.690. The Morgan fingerprint density at radius 3 is 2.09 bits per heavy atom. The van der Waals surface area contributed by atoms with Gasteiger partial charge in [0.15, 0.2) is 6.10 Å². The van der Waals surface area contributed by atoms with E-state index in [0.29, 0.717) is 0 Å². The molecule has 0 fully saturated rings. The molecule has 0 aliphatic carbocycles. The summed E-state index contributed by atoms with van der Waals surface area (Å²) >= 11 is 0. The van der Waals surface area contributed by atoms with Gasteiger partial charge in [0.05, 0.1) is 6.61 Å². The summed E-state index contributed by atoms with van der Waals surface area (Å²) in [6.07, 6.45) is -5.15. The van der Waals surface area contributed by atoms with Crippen LogP contribution in [0.4, 0.5) is 0 Å². The van der Waals surface area contributed by atoms with Crippen LogP contribution in [0, 0.1) is 0 Å². The standard InChI is InChI=1S/C5H11NO5/c6-5(11)4(10)3(9)2(8)1-7/h2-4,7-10H,1H2,(H2,6,11)/t2-,3+,4-/m1/s1. The molecule has 0 saturated carbocycles. The number of aliphatic hydroxyl groups is 4. The van der Waals surface area contributed by atoms with Crippen molar-refractivity contribution in [3.63, 3.8) is 0 Å². The average Bonchev–Trinajstić information content (AvgIpc) is 2.00. The Morgan fingerprint density at radius 2 is 1.82 bits per heavy atom. The van der Waals surface area contributed by atoms with Crippen molar-refractivity contribution in [2.24, 2.45) is 5.73 Å². The Morgan fingerprint density at radius 1 is 1.36 bits per heavy atom. The number of carbonyl (C=O) groups is 1. The fourth-order valence-corrected chi connectivity index (χ4v) is 0.487. The van der Waals surface area contributed by atoms with Crippen LogP contribution < -0.4 is 5.73 Å². The monoisotopic (exact) mass is 165 g/mol. The molecule has 0 radical (unpaired) electrons. The quantitative estimate of drug-likeness (QED) is 0.296. The lowest BCUT2D eigenvalue weighted by molar-refractivity contribution is -0.139. The van der Waals surface area contributed by atoms with Crippen molar-refractivity contribution in [1.82, 2.24) is 0 Å². The van der Waals surface area contributed by atoms with E-state index >= 15 is 0 Å². The zero-order valence-corrected chi connectivity index (χ0v) is 5.71. The van der Waals surface area contributed by atoms with Crippen LogP contribution in [0.1, 0.15) is 0 Å². The minimum atomic E-state index is -1.85. The third kappa shape index (κ3) is 2.81. The first kappa shape index (κ1) is 10.3. The van der Waals surface area contributed by atoms with Gasteiger partial charge in [-0.25, -0.2) is 0 Å². The molecule has 0 saturated heterocycles. The van der Waals surface area contributed by atoms with Crippen molar-refractivity contribution in [3.05, 3.63) is 0 Å². The molecule has 6 heteroatoms. The lowest BCUT2D eigenvalue weighted by Crippen LogP contribution is -2.46. The third-order valence-electron chi connectivity index (χ3n) is 1.20. The van der Waals surface area contributed by atoms with Crippen LogP contribution in [0.2, 0.25) is 0 Å². The number of hydrogen-bond donors (Lipinski definition) is 5. The van der Waals surface area contributed by atoms with Gasteiger partial charge in [-0.3, -0.25) is 4.79 Å². The van der Waals surface area contributed by atoms with Crippen LogP contribution in [0.25, 0.3) is 0 Å². The number of aliphatic hydroxyl groups excluding tert-OH is 4. The first-order valence-electron chi connectivity index (χ1n) is 2.95. The van der Waals surface area contributed by atoms with Gasteiger partial charge in [0, 0.05) is 0 Å². The molecule has 6 nitrogen and oxygen atoms in total. The number of carbonyl (C=O) groups excluding carboxylic acids is 1. The minimum absolute atomic E-state index is 0.745. The zero-order valence-electron chi connectivity index (χ0n) is 5.71. The minimum Gasteiger partial charge on any atom is -0.394 e. The van der Waals surface area contributed by atoms with E-state index in [2.05, 4.69) is 5.73 Å². The van der Waals surface area contributed by atoms with Gasteiger partial charge in [0.25, 0.3) is 0 Å². The first-order chi connectivity index (χ1) is 5.00. The number of rotatable bonds is 4. The Labute approximate surface area is 62.9 Å². The summed E-state index contributed by atoms with van der Waals surface area (Å²) in [6.45, 7) is -0.745. The third-order valence-corrected chi connectivity index (χ3v) is 1.20. The van der Waals surface area contributed by atoms with Gasteiger partial charge in [0.1, 0.15) is 12.2 Å². The van der Waals surface area contributed by atoms with Crippen molar-refractivity contribution in [3.8, 4) is 0 Å². The fourth-order valence-electron chi connectivity index (χ4n) is 0.487. The second-order valence-corrected chi connectivity index (χ2v) is 2.09. The SMILES string of the molecule is NC(=O)[C@H](O)[C@@H](O)[C@H](O)CO. The molecule has 0 spiro atoms. The smallest absolute Gasteiger partial charge is 0.249 e. The summed E-state index contributed by atoms with van der Waals surface area (Å²) in [5, 5.41) is 34.4. The lowest BCUT2D eigenvalue weighted by atomic mass is 10.1. The Kier molecular flexibility index (Phi) is 3.98. The van der Waals surface area contributed by atoms with Crippen LogP contribution in [0.15, 0.2) is 0 Å². The molecule has 0 aromatic rings. The molecule has 0 heterocycles. The van der Waals surface area contributed by atoms with Gasteiger partial charge in [-0.05, 0) is 0 Å². The molecule has 0 aliphatic rings. The van der Waals surface area contributed by atoms with Gasteiger partial charge < -0.3 is 26.2 Å². The largest absolute Gasteiger partial charge is 0.394 e. The van der Waals surface area contributed by atoms with Crippen molar-refractivity contribution in [2.75, 3.05) is 6.61 Å². The number of primary amides is 1. The highest BCUT2D eigenvalue weighted by atomic mass is 16.4. The predicted octanol–water partition coefficient (Wildman–Crippen LogP) is -3.45. The normalized spacial score (nSPS) is 18.9. The van der Waals surface area contributed by atoms with E-state index in [1.165, 1.54) is 0 Å². The van der Waals surface area contributed by atoms with E-state index in [1.807, 2.05) is 0 Å². The molecule has 1 amide bonds. The predicted molar refractivity (Wildman–Crippen MR) is 34.3 cm³/mol. The van der Waals surface area contributed by atoms with E-state index in [1.54, 1.807) is 0 Å². The number of hydrogen-bond acceptors (Lipinski definition) is 5. The second-order valence-electron chi connectivity index (χ2n) is 2.09. The molecule has 0 aromatic heterocycles. The highest BCUT2D eigenvalue weighted by Crippen LogP contribution is 1.98. The van der Waals surface area contributed by atoms with Crippen molar-refractivity contribution in [1.29, 1.82) is 0 Å². The molecule has 0 aromatic carbocycles. The van der Waals surface area contributed by atoms with Crippen molar-refractivity contribution >= 4 is 5.91 Å². The van der Waals surface area contributed by atoms with E-state index < -0.39 is 30.8 Å². The topological polar surface area (TPSA) is 124 Å². The molecular formula is C5H11NO5. The number of amides is 1. The molecule has 0 bridgehead atoms. The van der Waals surface area contributed by atoms with Crippen molar-refractivity contribution < 1.29 is 25.2 Å². The molecule has 0 unspecified atom stereocenters. The molecule has 6 N–H and O–H groups in total.